The Morgan fingerprint density at radius 3 is 2.76 bits per heavy atom. The van der Waals surface area contributed by atoms with Crippen molar-refractivity contribution in [3.8, 4) is 0 Å². The summed E-state index contributed by atoms with van der Waals surface area (Å²) in [6.07, 6.45) is 0. The molecule has 5 heteroatoms. The molecule has 90 valence electrons. The zero-order chi connectivity index (χ0) is 12.6. The highest BCUT2D eigenvalue weighted by Crippen LogP contribution is 2.20. The number of aryl methyl sites for hydroxylation is 1. The Balaban J connectivity index is 2.48. The van der Waals surface area contributed by atoms with Crippen LogP contribution in [0, 0.1) is 12.7 Å². The predicted molar refractivity (Wildman–Crippen MR) is 62.1 cm³/mol. The summed E-state index contributed by atoms with van der Waals surface area (Å²) in [6, 6.07) is 4.76. The molecule has 2 aromatic rings. The average Bonchev–Trinajstić information content (AvgIpc) is 2.70. The maximum Gasteiger partial charge on any atom is 0.293 e. The van der Waals surface area contributed by atoms with Gasteiger partial charge in [-0.15, -0.1) is 0 Å². The van der Waals surface area contributed by atoms with Crippen LogP contribution in [-0.2, 0) is 4.84 Å². The van der Waals surface area contributed by atoms with Crippen LogP contribution < -0.4 is 0 Å². The van der Waals surface area contributed by atoms with E-state index < -0.39 is 0 Å². The molecule has 1 aromatic heterocycles. The molecule has 4 nitrogen and oxygen atoms in total. The fourth-order valence-electron chi connectivity index (χ4n) is 1.64. The van der Waals surface area contributed by atoms with Crippen molar-refractivity contribution in [3.63, 3.8) is 0 Å². The maximum atomic E-state index is 13.3. The molecule has 17 heavy (non-hydrogen) atoms. The van der Waals surface area contributed by atoms with E-state index in [4.69, 9.17) is 4.84 Å². The first-order valence-electron chi connectivity index (χ1n) is 5.14. The Morgan fingerprint density at radius 2 is 2.12 bits per heavy atom. The van der Waals surface area contributed by atoms with E-state index in [1.807, 2.05) is 0 Å². The van der Waals surface area contributed by atoms with Gasteiger partial charge in [0.2, 0.25) is 0 Å². The summed E-state index contributed by atoms with van der Waals surface area (Å²) >= 11 is 0. The van der Waals surface area contributed by atoms with Crippen LogP contribution in [0.15, 0.2) is 18.2 Å². The van der Waals surface area contributed by atoms with Gasteiger partial charge in [-0.25, -0.2) is 9.45 Å². The third-order valence-corrected chi connectivity index (χ3v) is 2.69. The van der Waals surface area contributed by atoms with E-state index in [1.165, 1.54) is 20.2 Å². The van der Waals surface area contributed by atoms with Crippen LogP contribution in [0.3, 0.4) is 0 Å². The summed E-state index contributed by atoms with van der Waals surface area (Å²) in [5.74, 6) is -0.597. The van der Waals surface area contributed by atoms with Crippen molar-refractivity contribution in [2.24, 2.45) is 0 Å². The number of hydroxylamine groups is 2. The van der Waals surface area contributed by atoms with Gasteiger partial charge < -0.3 is 4.98 Å². The highest BCUT2D eigenvalue weighted by molar-refractivity contribution is 5.97. The van der Waals surface area contributed by atoms with Gasteiger partial charge >= 0.3 is 0 Å². The molecule has 1 amide bonds. The molecule has 0 bridgehead atoms. The number of benzene rings is 1. The summed E-state index contributed by atoms with van der Waals surface area (Å²) in [4.78, 5) is 19.5. The monoisotopic (exact) mass is 236 g/mol. The summed E-state index contributed by atoms with van der Waals surface area (Å²) in [6.45, 7) is 1.69. The Kier molecular flexibility index (Phi) is 2.85. The Bertz CT molecular complexity index is 538. The van der Waals surface area contributed by atoms with E-state index in [1.54, 1.807) is 19.1 Å². The molecule has 0 unspecified atom stereocenters. The topological polar surface area (TPSA) is 45.3 Å². The van der Waals surface area contributed by atoms with Gasteiger partial charge in [-0.2, -0.15) is 0 Å². The lowest BCUT2D eigenvalue weighted by molar-refractivity contribution is -0.0759. The molecule has 1 heterocycles. The van der Waals surface area contributed by atoms with E-state index >= 15 is 0 Å². The van der Waals surface area contributed by atoms with Gasteiger partial charge in [0.15, 0.2) is 0 Å². The second kappa shape index (κ2) is 4.18. The predicted octanol–water partition coefficient (Wildman–Crippen LogP) is 2.25. The SMILES string of the molecule is CON(C)C(=O)c1cc2cc(C)c(F)cc2[nH]1. The lowest BCUT2D eigenvalue weighted by atomic mass is 10.1. The zero-order valence-corrected chi connectivity index (χ0v) is 9.87. The lowest BCUT2D eigenvalue weighted by Gasteiger charge is -2.11. The summed E-state index contributed by atoms with van der Waals surface area (Å²) < 4.78 is 13.3. The van der Waals surface area contributed by atoms with Crippen molar-refractivity contribution >= 4 is 16.8 Å². The number of fused-ring (bicyclic) bond motifs is 1. The average molecular weight is 236 g/mol. The minimum atomic E-state index is -0.304. The molecule has 0 aliphatic carbocycles. The first kappa shape index (κ1) is 11.6. The minimum Gasteiger partial charge on any atom is -0.350 e. The number of amides is 1. The molecule has 0 atom stereocenters. The lowest BCUT2D eigenvalue weighted by Crippen LogP contribution is -2.25. The quantitative estimate of drug-likeness (QED) is 0.813. The van der Waals surface area contributed by atoms with E-state index in [0.29, 0.717) is 16.8 Å². The standard InChI is InChI=1S/C12H13FN2O2/c1-7-4-8-5-11(12(16)15(2)17-3)14-10(8)6-9(7)13/h4-6,14H,1-3H3. The molecule has 1 aromatic carbocycles. The minimum absolute atomic E-state index is 0.293. The fraction of sp³-hybridized carbons (Fsp3) is 0.250. The highest BCUT2D eigenvalue weighted by atomic mass is 19.1. The van der Waals surface area contributed by atoms with Crippen LogP contribution in [0.4, 0.5) is 4.39 Å². The summed E-state index contributed by atoms with van der Waals surface area (Å²) in [7, 11) is 2.92. The van der Waals surface area contributed by atoms with Gasteiger partial charge in [-0.05, 0) is 30.7 Å². The van der Waals surface area contributed by atoms with Crippen molar-refractivity contribution in [1.29, 1.82) is 0 Å². The molecule has 0 radical (unpaired) electrons. The molecule has 2 rings (SSSR count). The number of aromatic nitrogens is 1. The van der Waals surface area contributed by atoms with Gasteiger partial charge in [0.25, 0.3) is 5.91 Å². The van der Waals surface area contributed by atoms with Gasteiger partial charge in [-0.3, -0.25) is 9.63 Å². The van der Waals surface area contributed by atoms with Gasteiger partial charge in [0.05, 0.1) is 7.11 Å². The molecular weight excluding hydrogens is 223 g/mol. The number of carbonyl (C=O) groups excluding carboxylic acids is 1. The van der Waals surface area contributed by atoms with Gasteiger partial charge in [-0.1, -0.05) is 0 Å². The fourth-order valence-corrected chi connectivity index (χ4v) is 1.64. The van der Waals surface area contributed by atoms with Gasteiger partial charge in [0, 0.05) is 18.0 Å². The van der Waals surface area contributed by atoms with Crippen molar-refractivity contribution in [3.05, 3.63) is 35.3 Å². The molecular formula is C12H13FN2O2. The summed E-state index contributed by atoms with van der Waals surface area (Å²) in [5.41, 5.74) is 1.52. The number of nitrogens with one attached hydrogen (secondary N) is 1. The largest absolute Gasteiger partial charge is 0.350 e. The van der Waals surface area contributed by atoms with Crippen molar-refractivity contribution in [1.82, 2.24) is 10.0 Å². The second-order valence-corrected chi connectivity index (χ2v) is 3.86. The van der Waals surface area contributed by atoms with E-state index in [0.717, 1.165) is 10.4 Å². The van der Waals surface area contributed by atoms with E-state index in [2.05, 4.69) is 4.98 Å². The van der Waals surface area contributed by atoms with E-state index in [-0.39, 0.29) is 11.7 Å². The molecule has 0 aliphatic rings. The van der Waals surface area contributed by atoms with Crippen LogP contribution in [0.5, 0.6) is 0 Å². The highest BCUT2D eigenvalue weighted by Gasteiger charge is 2.14. The molecule has 0 fully saturated rings. The van der Waals surface area contributed by atoms with Crippen LogP contribution in [0.2, 0.25) is 0 Å². The number of H-pyrrole nitrogens is 1. The van der Waals surface area contributed by atoms with Crippen LogP contribution in [-0.4, -0.2) is 30.1 Å². The number of carbonyl (C=O) groups is 1. The van der Waals surface area contributed by atoms with Crippen LogP contribution in [0.1, 0.15) is 16.1 Å². The Hall–Kier alpha value is -1.88. The molecule has 0 saturated heterocycles. The van der Waals surface area contributed by atoms with Crippen molar-refractivity contribution in [2.75, 3.05) is 14.2 Å². The van der Waals surface area contributed by atoms with Crippen molar-refractivity contribution < 1.29 is 14.0 Å². The zero-order valence-electron chi connectivity index (χ0n) is 9.87. The van der Waals surface area contributed by atoms with Crippen LogP contribution in [0.25, 0.3) is 10.9 Å². The van der Waals surface area contributed by atoms with Crippen LogP contribution >= 0.6 is 0 Å². The normalized spacial score (nSPS) is 10.8. The molecule has 0 saturated carbocycles. The smallest absolute Gasteiger partial charge is 0.293 e. The number of hydrogen-bond donors (Lipinski definition) is 1. The summed E-state index contributed by atoms with van der Waals surface area (Å²) in [5, 5.41) is 1.91. The third-order valence-electron chi connectivity index (χ3n) is 2.69. The number of nitrogens with zero attached hydrogens (tertiary/aromatic N) is 1. The number of hydrogen-bond acceptors (Lipinski definition) is 2. The third kappa shape index (κ3) is 2.01. The Labute approximate surface area is 97.9 Å². The van der Waals surface area contributed by atoms with E-state index in [9.17, 15) is 9.18 Å². The molecule has 1 N–H and O–H groups in total. The second-order valence-electron chi connectivity index (χ2n) is 3.86. The molecule has 0 spiro atoms. The molecule has 0 aliphatic heterocycles. The first-order chi connectivity index (χ1) is 8.02. The maximum absolute atomic E-state index is 13.3. The number of rotatable bonds is 2. The van der Waals surface area contributed by atoms with Crippen molar-refractivity contribution in [2.45, 2.75) is 6.92 Å². The first-order valence-corrected chi connectivity index (χ1v) is 5.14. The number of aromatic amines is 1. The Morgan fingerprint density at radius 1 is 1.41 bits per heavy atom. The number of halogens is 1. The van der Waals surface area contributed by atoms with Gasteiger partial charge in [0.1, 0.15) is 11.5 Å².